The quantitative estimate of drug-likeness (QED) is 0.0802. The number of thioether (sulfide) groups is 1. The van der Waals surface area contributed by atoms with Gasteiger partial charge in [-0.05, 0) is 106 Å². The van der Waals surface area contributed by atoms with Gasteiger partial charge in [0.25, 0.3) is 21.6 Å². The van der Waals surface area contributed by atoms with Crippen LogP contribution in [0.25, 0.3) is 6.08 Å². The van der Waals surface area contributed by atoms with Crippen molar-refractivity contribution < 1.29 is 22.5 Å². The van der Waals surface area contributed by atoms with E-state index >= 15 is 0 Å². The van der Waals surface area contributed by atoms with E-state index in [1.165, 1.54) is 29.8 Å². The highest BCUT2D eigenvalue weighted by Gasteiger charge is 2.25. The average molecular weight is 718 g/mol. The van der Waals surface area contributed by atoms with E-state index in [2.05, 4.69) is 21.0 Å². The van der Waals surface area contributed by atoms with Crippen LogP contribution in [0.2, 0.25) is 0 Å². The molecule has 13 heteroatoms. The summed E-state index contributed by atoms with van der Waals surface area (Å²) in [4.78, 5) is 29.4. The molecule has 0 aromatic heterocycles. The van der Waals surface area contributed by atoms with Crippen molar-refractivity contribution in [3.63, 3.8) is 0 Å². The van der Waals surface area contributed by atoms with Crippen molar-refractivity contribution in [3.05, 3.63) is 130 Å². The van der Waals surface area contributed by atoms with Gasteiger partial charge in [0, 0.05) is 47.1 Å². The third-order valence-corrected chi connectivity index (χ3v) is 10.8. The molecular formula is C37H40FN5O5S2. The highest BCUT2D eigenvalue weighted by atomic mass is 32.2. The predicted octanol–water partition coefficient (Wildman–Crippen LogP) is 7.06. The van der Waals surface area contributed by atoms with Gasteiger partial charge in [0.1, 0.15) is 11.5 Å². The summed E-state index contributed by atoms with van der Waals surface area (Å²) in [6.45, 7) is 2.27. The van der Waals surface area contributed by atoms with E-state index in [4.69, 9.17) is 0 Å². The minimum Gasteiger partial charge on any atom is -0.376 e. The first-order chi connectivity index (χ1) is 24.0. The fourth-order valence-electron chi connectivity index (χ4n) is 5.55. The van der Waals surface area contributed by atoms with Gasteiger partial charge in [-0.2, -0.15) is 0 Å². The minimum atomic E-state index is -4.42. The van der Waals surface area contributed by atoms with E-state index < -0.39 is 26.5 Å². The fraction of sp³-hybridized carbons (Fsp3) is 0.270. The Morgan fingerprint density at radius 2 is 1.68 bits per heavy atom. The third kappa shape index (κ3) is 10.2. The maximum Gasteiger partial charge on any atom is 0.293 e. The first-order valence-electron chi connectivity index (χ1n) is 16.2. The Morgan fingerprint density at radius 3 is 2.32 bits per heavy atom. The SMILES string of the molecule is CN(C)CC[C@H](CSc1ccccc1)Nc1ccc(S(=O)(=O)NC(=O)c2ccc(N3CCC(=Cc4ccc(F)cc4)CC3)cc2)cc1[N+](=O)[O-]. The molecule has 262 valence electrons. The number of carbonyl (C=O) groups is 1. The molecule has 1 atom stereocenters. The van der Waals surface area contributed by atoms with Crippen LogP contribution in [0.1, 0.15) is 35.2 Å². The first-order valence-corrected chi connectivity index (χ1v) is 18.7. The van der Waals surface area contributed by atoms with Gasteiger partial charge in [-0.15, -0.1) is 11.8 Å². The summed E-state index contributed by atoms with van der Waals surface area (Å²) in [5, 5.41) is 15.4. The molecule has 0 radical (unpaired) electrons. The summed E-state index contributed by atoms with van der Waals surface area (Å²) in [5.41, 5.74) is 3.06. The maximum atomic E-state index is 13.2. The van der Waals surface area contributed by atoms with Crippen LogP contribution >= 0.6 is 11.8 Å². The molecule has 1 saturated heterocycles. The molecule has 50 heavy (non-hydrogen) atoms. The lowest BCUT2D eigenvalue weighted by molar-refractivity contribution is -0.384. The topological polar surface area (TPSA) is 125 Å². The van der Waals surface area contributed by atoms with Gasteiger partial charge in [0.05, 0.1) is 9.82 Å². The molecule has 1 amide bonds. The standard InChI is InChI=1S/C37H40FN5O5S2/c1-41(2)21-20-31(26-49-33-6-4-3-5-7-33)39-35-17-16-34(25-36(35)43(45)46)50(47,48)40-37(44)29-10-14-32(15-11-29)42-22-18-28(19-23-42)24-27-8-12-30(38)13-9-27/h3-17,24-25,31,39H,18-23,26H2,1-2H3,(H,40,44)/t31-/m1/s1. The Kier molecular flexibility index (Phi) is 12.3. The van der Waals surface area contributed by atoms with E-state index in [1.807, 2.05) is 49.3 Å². The second-order valence-corrected chi connectivity index (χ2v) is 15.1. The van der Waals surface area contributed by atoms with Crippen LogP contribution in [-0.4, -0.2) is 69.7 Å². The number of anilines is 2. The highest BCUT2D eigenvalue weighted by Crippen LogP contribution is 2.30. The molecule has 0 saturated carbocycles. The van der Waals surface area contributed by atoms with Crippen LogP contribution in [0.15, 0.2) is 112 Å². The summed E-state index contributed by atoms with van der Waals surface area (Å²) in [6, 6.07) is 26.3. The minimum absolute atomic E-state index is 0.138. The van der Waals surface area contributed by atoms with E-state index in [0.29, 0.717) is 12.2 Å². The van der Waals surface area contributed by atoms with E-state index in [9.17, 15) is 27.7 Å². The molecule has 5 rings (SSSR count). The maximum absolute atomic E-state index is 13.2. The van der Waals surface area contributed by atoms with Crippen LogP contribution < -0.4 is 14.9 Å². The van der Waals surface area contributed by atoms with Crippen molar-refractivity contribution in [2.45, 2.75) is 35.1 Å². The molecule has 0 spiro atoms. The lowest BCUT2D eigenvalue weighted by atomic mass is 10.00. The van der Waals surface area contributed by atoms with Gasteiger partial charge in [0.15, 0.2) is 0 Å². The molecule has 1 aliphatic heterocycles. The number of nitro groups is 1. The number of amides is 1. The molecule has 1 aliphatic rings. The van der Waals surface area contributed by atoms with Crippen molar-refractivity contribution >= 4 is 50.8 Å². The number of nitrogens with zero attached hydrogens (tertiary/aromatic N) is 3. The summed E-state index contributed by atoms with van der Waals surface area (Å²) in [6.07, 6.45) is 4.45. The summed E-state index contributed by atoms with van der Waals surface area (Å²) < 4.78 is 41.7. The van der Waals surface area contributed by atoms with Gasteiger partial charge in [0.2, 0.25) is 0 Å². The van der Waals surface area contributed by atoms with E-state index in [1.54, 1.807) is 48.2 Å². The second kappa shape index (κ2) is 16.8. The van der Waals surface area contributed by atoms with Crippen molar-refractivity contribution in [2.24, 2.45) is 0 Å². The van der Waals surface area contributed by atoms with Crippen molar-refractivity contribution in [1.29, 1.82) is 0 Å². The molecule has 1 heterocycles. The van der Waals surface area contributed by atoms with Crippen molar-refractivity contribution in [1.82, 2.24) is 9.62 Å². The van der Waals surface area contributed by atoms with Crippen molar-refractivity contribution in [2.75, 3.05) is 49.7 Å². The number of sulfonamides is 1. The Bertz CT molecular complexity index is 1910. The average Bonchev–Trinajstić information content (AvgIpc) is 3.11. The van der Waals surface area contributed by atoms with Crippen LogP contribution in [-0.2, 0) is 10.0 Å². The Morgan fingerprint density at radius 1 is 1.00 bits per heavy atom. The van der Waals surface area contributed by atoms with Crippen LogP contribution in [0, 0.1) is 15.9 Å². The fourth-order valence-corrected chi connectivity index (χ4v) is 7.54. The lowest BCUT2D eigenvalue weighted by Gasteiger charge is -2.30. The van der Waals surface area contributed by atoms with Crippen LogP contribution in [0.4, 0.5) is 21.5 Å². The van der Waals surface area contributed by atoms with Gasteiger partial charge in [-0.3, -0.25) is 14.9 Å². The zero-order valence-electron chi connectivity index (χ0n) is 27.9. The van der Waals surface area contributed by atoms with Gasteiger partial charge in [-0.25, -0.2) is 17.5 Å². The number of rotatable bonds is 14. The summed E-state index contributed by atoms with van der Waals surface area (Å²) in [7, 11) is -0.518. The number of piperidine rings is 1. The molecule has 0 unspecified atom stereocenters. The van der Waals surface area contributed by atoms with Crippen molar-refractivity contribution in [3.8, 4) is 0 Å². The smallest absolute Gasteiger partial charge is 0.293 e. The highest BCUT2D eigenvalue weighted by molar-refractivity contribution is 7.99. The number of nitro benzene ring substituents is 1. The molecule has 2 N–H and O–H groups in total. The summed E-state index contributed by atoms with van der Waals surface area (Å²) in [5.74, 6) is -0.472. The van der Waals surface area contributed by atoms with Crippen LogP contribution in [0.5, 0.6) is 0 Å². The first kappa shape index (κ1) is 36.6. The molecule has 10 nitrogen and oxygen atoms in total. The van der Waals surface area contributed by atoms with Gasteiger partial charge < -0.3 is 15.1 Å². The molecule has 1 fully saturated rings. The molecule has 0 bridgehead atoms. The Balaban J connectivity index is 1.22. The molecule has 0 aliphatic carbocycles. The predicted molar refractivity (Wildman–Crippen MR) is 198 cm³/mol. The number of hydrogen-bond acceptors (Lipinski definition) is 9. The summed E-state index contributed by atoms with van der Waals surface area (Å²) >= 11 is 1.63. The van der Waals surface area contributed by atoms with Gasteiger partial charge in [-0.1, -0.05) is 42.0 Å². The Labute approximate surface area is 296 Å². The van der Waals surface area contributed by atoms with E-state index in [0.717, 1.165) is 54.7 Å². The number of carbonyl (C=O) groups excluding carboxylic acids is 1. The zero-order valence-corrected chi connectivity index (χ0v) is 29.6. The lowest BCUT2D eigenvalue weighted by Crippen LogP contribution is -2.31. The Hall–Kier alpha value is -4.72. The molecular weight excluding hydrogens is 678 g/mol. The van der Waals surface area contributed by atoms with Crippen LogP contribution in [0.3, 0.4) is 0 Å². The zero-order chi connectivity index (χ0) is 35.7. The normalized spacial score (nSPS) is 13.9. The third-order valence-electron chi connectivity index (χ3n) is 8.32. The number of benzene rings is 4. The van der Waals surface area contributed by atoms with E-state index in [-0.39, 0.29) is 28.0 Å². The molecule has 4 aromatic rings. The second-order valence-electron chi connectivity index (χ2n) is 12.3. The number of hydrogen-bond donors (Lipinski definition) is 2. The van der Waals surface area contributed by atoms with Gasteiger partial charge >= 0.3 is 0 Å². The molecule has 4 aromatic carbocycles. The number of halogens is 1. The number of nitrogens with one attached hydrogen (secondary N) is 2. The largest absolute Gasteiger partial charge is 0.376 e. The monoisotopic (exact) mass is 717 g/mol.